The third-order valence-electron chi connectivity index (χ3n) is 2.53. The minimum atomic E-state index is 0.667. The normalized spacial score (nSPS) is 21.3. The van der Waals surface area contributed by atoms with E-state index in [9.17, 15) is 0 Å². The van der Waals surface area contributed by atoms with Gasteiger partial charge in [-0.1, -0.05) is 11.6 Å². The van der Waals surface area contributed by atoms with E-state index in [0.717, 1.165) is 18.2 Å². The highest BCUT2D eigenvalue weighted by Gasteiger charge is 2.11. The lowest BCUT2D eigenvalue weighted by Gasteiger charge is -2.20. The summed E-state index contributed by atoms with van der Waals surface area (Å²) < 4.78 is 0. The lowest BCUT2D eigenvalue weighted by Crippen LogP contribution is -2.37. The SMILES string of the molecule is CCNC(=S)NCC1C=C(C)CCC1. The molecule has 0 bridgehead atoms. The van der Waals surface area contributed by atoms with Crippen molar-refractivity contribution in [2.45, 2.75) is 33.1 Å². The molecule has 0 aliphatic heterocycles. The maximum atomic E-state index is 5.11. The molecule has 2 N–H and O–H groups in total. The van der Waals surface area contributed by atoms with Crippen LogP contribution in [0.15, 0.2) is 11.6 Å². The van der Waals surface area contributed by atoms with Gasteiger partial charge in [0, 0.05) is 13.1 Å². The van der Waals surface area contributed by atoms with Crippen LogP contribution in [0.1, 0.15) is 33.1 Å². The van der Waals surface area contributed by atoms with Gasteiger partial charge in [0.25, 0.3) is 0 Å². The van der Waals surface area contributed by atoms with Crippen molar-refractivity contribution in [3.63, 3.8) is 0 Å². The van der Waals surface area contributed by atoms with Crippen molar-refractivity contribution in [1.82, 2.24) is 10.6 Å². The van der Waals surface area contributed by atoms with Gasteiger partial charge in [0.2, 0.25) is 0 Å². The van der Waals surface area contributed by atoms with E-state index in [1.807, 2.05) is 0 Å². The highest BCUT2D eigenvalue weighted by atomic mass is 32.1. The van der Waals surface area contributed by atoms with E-state index in [1.165, 1.54) is 24.8 Å². The van der Waals surface area contributed by atoms with E-state index < -0.39 is 0 Å². The van der Waals surface area contributed by atoms with Crippen LogP contribution in [-0.2, 0) is 0 Å². The first-order valence-corrected chi connectivity index (χ1v) is 5.82. The molecule has 1 rings (SSSR count). The van der Waals surface area contributed by atoms with Gasteiger partial charge in [0.15, 0.2) is 5.11 Å². The Morgan fingerprint density at radius 3 is 3.00 bits per heavy atom. The summed E-state index contributed by atoms with van der Waals surface area (Å²) >= 11 is 5.11. The molecule has 0 aromatic rings. The predicted octanol–water partition coefficient (Wildman–Crippen LogP) is 2.22. The molecule has 14 heavy (non-hydrogen) atoms. The van der Waals surface area contributed by atoms with Gasteiger partial charge in [-0.2, -0.15) is 0 Å². The van der Waals surface area contributed by atoms with Gasteiger partial charge in [-0.05, 0) is 51.2 Å². The molecule has 0 fully saturated rings. The Hall–Kier alpha value is -0.570. The van der Waals surface area contributed by atoms with Gasteiger partial charge >= 0.3 is 0 Å². The highest BCUT2D eigenvalue weighted by Crippen LogP contribution is 2.21. The number of thiocarbonyl (C=S) groups is 1. The van der Waals surface area contributed by atoms with Crippen LogP contribution in [-0.4, -0.2) is 18.2 Å². The average molecular weight is 212 g/mol. The maximum Gasteiger partial charge on any atom is 0.166 e. The van der Waals surface area contributed by atoms with Gasteiger partial charge < -0.3 is 10.6 Å². The zero-order chi connectivity index (χ0) is 10.4. The van der Waals surface area contributed by atoms with Crippen LogP contribution in [0.4, 0.5) is 0 Å². The standard InChI is InChI=1S/C11H20N2S/c1-3-12-11(14)13-8-10-6-4-5-9(2)7-10/h7,10H,3-6,8H2,1-2H3,(H2,12,13,14). The molecule has 1 aliphatic carbocycles. The van der Waals surface area contributed by atoms with Gasteiger partial charge in [0.1, 0.15) is 0 Å². The highest BCUT2D eigenvalue weighted by molar-refractivity contribution is 7.80. The minimum absolute atomic E-state index is 0.667. The number of nitrogens with one attached hydrogen (secondary N) is 2. The molecule has 1 aliphatic rings. The van der Waals surface area contributed by atoms with E-state index in [4.69, 9.17) is 12.2 Å². The summed E-state index contributed by atoms with van der Waals surface area (Å²) in [7, 11) is 0. The van der Waals surface area contributed by atoms with E-state index >= 15 is 0 Å². The lowest BCUT2D eigenvalue weighted by molar-refractivity contribution is 0.518. The van der Waals surface area contributed by atoms with Gasteiger partial charge in [0.05, 0.1) is 0 Å². The molecule has 0 saturated heterocycles. The fourth-order valence-corrected chi connectivity index (χ4v) is 2.05. The molecule has 0 aromatic carbocycles. The largest absolute Gasteiger partial charge is 0.363 e. The third-order valence-corrected chi connectivity index (χ3v) is 2.82. The van der Waals surface area contributed by atoms with Crippen molar-refractivity contribution in [2.24, 2.45) is 5.92 Å². The summed E-state index contributed by atoms with van der Waals surface area (Å²) in [6.45, 7) is 6.14. The number of allylic oxidation sites excluding steroid dienone is 1. The molecule has 0 spiro atoms. The molecule has 80 valence electrons. The van der Waals surface area contributed by atoms with Gasteiger partial charge in [-0.25, -0.2) is 0 Å². The van der Waals surface area contributed by atoms with Crippen LogP contribution in [0.5, 0.6) is 0 Å². The Labute approximate surface area is 92.2 Å². The summed E-state index contributed by atoms with van der Waals surface area (Å²) in [5, 5.41) is 7.13. The van der Waals surface area contributed by atoms with Crippen molar-refractivity contribution >= 4 is 17.3 Å². The monoisotopic (exact) mass is 212 g/mol. The van der Waals surface area contributed by atoms with E-state index in [2.05, 4.69) is 30.6 Å². The summed E-state index contributed by atoms with van der Waals surface area (Å²) in [5.41, 5.74) is 1.53. The van der Waals surface area contributed by atoms with Crippen LogP contribution in [0.25, 0.3) is 0 Å². The lowest BCUT2D eigenvalue weighted by atomic mass is 9.91. The van der Waals surface area contributed by atoms with Crippen LogP contribution < -0.4 is 10.6 Å². The molecule has 3 heteroatoms. The van der Waals surface area contributed by atoms with Crippen LogP contribution in [0.2, 0.25) is 0 Å². The molecule has 0 amide bonds. The zero-order valence-electron chi connectivity index (χ0n) is 9.10. The Morgan fingerprint density at radius 1 is 1.57 bits per heavy atom. The first-order chi connectivity index (χ1) is 6.72. The minimum Gasteiger partial charge on any atom is -0.363 e. The summed E-state index contributed by atoms with van der Waals surface area (Å²) in [6, 6.07) is 0. The first kappa shape index (κ1) is 11.5. The summed E-state index contributed by atoms with van der Waals surface area (Å²) in [6.07, 6.45) is 6.26. The van der Waals surface area contributed by atoms with Crippen molar-refractivity contribution in [1.29, 1.82) is 0 Å². The number of hydrogen-bond donors (Lipinski definition) is 2. The molecule has 0 aromatic heterocycles. The third kappa shape index (κ3) is 4.09. The van der Waals surface area contributed by atoms with Crippen molar-refractivity contribution in [3.05, 3.63) is 11.6 Å². The van der Waals surface area contributed by atoms with E-state index in [0.29, 0.717) is 5.92 Å². The predicted molar refractivity (Wildman–Crippen MR) is 65.4 cm³/mol. The first-order valence-electron chi connectivity index (χ1n) is 5.41. The number of rotatable bonds is 3. The van der Waals surface area contributed by atoms with Gasteiger partial charge in [-0.3, -0.25) is 0 Å². The molecular weight excluding hydrogens is 192 g/mol. The molecule has 0 saturated carbocycles. The zero-order valence-corrected chi connectivity index (χ0v) is 9.91. The smallest absolute Gasteiger partial charge is 0.166 e. The average Bonchev–Trinajstić information content (AvgIpc) is 2.15. The Morgan fingerprint density at radius 2 is 2.36 bits per heavy atom. The van der Waals surface area contributed by atoms with Crippen LogP contribution >= 0.6 is 12.2 Å². The summed E-state index contributed by atoms with van der Waals surface area (Å²) in [4.78, 5) is 0. The molecule has 0 heterocycles. The van der Waals surface area contributed by atoms with Crippen molar-refractivity contribution < 1.29 is 0 Å². The summed E-state index contributed by atoms with van der Waals surface area (Å²) in [5.74, 6) is 0.667. The Kier molecular flexibility index (Phi) is 4.94. The van der Waals surface area contributed by atoms with Gasteiger partial charge in [-0.15, -0.1) is 0 Å². The molecule has 1 unspecified atom stereocenters. The second-order valence-electron chi connectivity index (χ2n) is 3.91. The topological polar surface area (TPSA) is 24.1 Å². The Bertz CT molecular complexity index is 223. The Balaban J connectivity index is 2.24. The molecule has 0 radical (unpaired) electrons. The maximum absolute atomic E-state index is 5.11. The van der Waals surface area contributed by atoms with Crippen LogP contribution in [0.3, 0.4) is 0 Å². The molecular formula is C11H20N2S. The molecule has 2 nitrogen and oxygen atoms in total. The van der Waals surface area contributed by atoms with Crippen molar-refractivity contribution in [3.8, 4) is 0 Å². The quantitative estimate of drug-likeness (QED) is 0.554. The number of hydrogen-bond acceptors (Lipinski definition) is 1. The fraction of sp³-hybridized carbons (Fsp3) is 0.727. The van der Waals surface area contributed by atoms with Crippen molar-refractivity contribution in [2.75, 3.05) is 13.1 Å². The molecule has 1 atom stereocenters. The van der Waals surface area contributed by atoms with Crippen LogP contribution in [0, 0.1) is 5.92 Å². The second-order valence-corrected chi connectivity index (χ2v) is 4.31. The van der Waals surface area contributed by atoms with E-state index in [1.54, 1.807) is 0 Å². The second kappa shape index (κ2) is 6.02. The van der Waals surface area contributed by atoms with E-state index in [-0.39, 0.29) is 0 Å². The fourth-order valence-electron chi connectivity index (χ4n) is 1.82.